The summed E-state index contributed by atoms with van der Waals surface area (Å²) in [6.45, 7) is 2.38. The number of hydrogen-bond donors (Lipinski definition) is 0. The Labute approximate surface area is 119 Å². The van der Waals surface area contributed by atoms with Crippen LogP contribution in [0.4, 0.5) is 0 Å². The zero-order valence-corrected chi connectivity index (χ0v) is 13.0. The average Bonchev–Trinajstić information content (AvgIpc) is 2.30. The maximum Gasteiger partial charge on any atom is -1.00 e. The summed E-state index contributed by atoms with van der Waals surface area (Å²) >= 11 is 1.61. The molecule has 3 radical (unpaired) electrons. The second-order valence-electron chi connectivity index (χ2n) is 4.89. The summed E-state index contributed by atoms with van der Waals surface area (Å²) in [5, 5.41) is 0. The normalized spacial score (nSPS) is 11.4. The first kappa shape index (κ1) is 12.7. The Balaban J connectivity index is 0.00000162. The fraction of sp³-hybridized carbons (Fsp3) is 0.250. The van der Waals surface area contributed by atoms with E-state index in [1.807, 2.05) is 0 Å². The Kier molecular flexibility index (Phi) is 4.27. The third-order valence-corrected chi connectivity index (χ3v) is 3.88. The van der Waals surface area contributed by atoms with Crippen molar-refractivity contribution in [3.05, 3.63) is 71.8 Å². The molecule has 2 aromatic carbocycles. The van der Waals surface area contributed by atoms with Gasteiger partial charge in [-0.25, -0.2) is 0 Å². The van der Waals surface area contributed by atoms with Gasteiger partial charge in [-0.2, -0.15) is 0 Å². The predicted molar refractivity (Wildman–Crippen MR) is 75.5 cm³/mol. The summed E-state index contributed by atoms with van der Waals surface area (Å²) in [5.41, 5.74) is 2.89. The first-order chi connectivity index (χ1) is 8.16. The van der Waals surface area contributed by atoms with Crippen LogP contribution in [0.2, 0.25) is 3.43 Å². The summed E-state index contributed by atoms with van der Waals surface area (Å²) < 4.78 is 0.398. The summed E-state index contributed by atoms with van der Waals surface area (Å²) in [6.07, 6.45) is 2.34. The third-order valence-electron chi connectivity index (χ3n) is 2.87. The molecule has 17 heavy (non-hydrogen) atoms. The molecule has 2 aromatic rings. The molecule has 0 atom stereocenters. The second kappa shape index (κ2) is 5.72. The standard InChI is InChI=1S/C16H17.Sn.H/c1-14(12-15-8-4-2-5-9-15)13-16-10-6-3-7-11-16;;/h2-11H,12-13H2,1H3;;/q;;-1. The number of benzene rings is 2. The minimum absolute atomic E-state index is 0. The van der Waals surface area contributed by atoms with Gasteiger partial charge < -0.3 is 1.43 Å². The van der Waals surface area contributed by atoms with Crippen LogP contribution in [0.15, 0.2) is 60.7 Å². The van der Waals surface area contributed by atoms with Crippen molar-refractivity contribution in [3.8, 4) is 0 Å². The van der Waals surface area contributed by atoms with E-state index in [0.717, 1.165) is 0 Å². The van der Waals surface area contributed by atoms with Crippen molar-refractivity contribution < 1.29 is 1.43 Å². The number of rotatable bonds is 4. The van der Waals surface area contributed by atoms with E-state index in [9.17, 15) is 0 Å². The van der Waals surface area contributed by atoms with Gasteiger partial charge in [-0.05, 0) is 0 Å². The van der Waals surface area contributed by atoms with E-state index in [0.29, 0.717) is 3.43 Å². The van der Waals surface area contributed by atoms with Crippen molar-refractivity contribution in [2.75, 3.05) is 0 Å². The fourth-order valence-corrected chi connectivity index (χ4v) is 3.32. The molecule has 0 heterocycles. The molecule has 0 aliphatic heterocycles. The molecule has 0 N–H and O–H groups in total. The zero-order chi connectivity index (χ0) is 12.1. The Morgan fingerprint density at radius 3 is 1.53 bits per heavy atom. The Bertz CT molecular complexity index is 408. The molecular formula is C16H18Sn-. The van der Waals surface area contributed by atoms with Crippen LogP contribution in [0.25, 0.3) is 0 Å². The van der Waals surface area contributed by atoms with Gasteiger partial charge in [0.05, 0.1) is 0 Å². The van der Waals surface area contributed by atoms with E-state index in [1.165, 1.54) is 24.0 Å². The Hall–Kier alpha value is -0.761. The largest absolute Gasteiger partial charge is 1.00 e. The van der Waals surface area contributed by atoms with Crippen LogP contribution in [-0.2, 0) is 12.8 Å². The molecule has 2 rings (SSSR count). The first-order valence-corrected chi connectivity index (χ1v) is 7.41. The van der Waals surface area contributed by atoms with Crippen molar-refractivity contribution in [1.29, 1.82) is 0 Å². The van der Waals surface area contributed by atoms with Crippen LogP contribution < -0.4 is 0 Å². The summed E-state index contributed by atoms with van der Waals surface area (Å²) in [5.74, 6) is 0. The van der Waals surface area contributed by atoms with Crippen LogP contribution in [0.1, 0.15) is 19.5 Å². The van der Waals surface area contributed by atoms with Gasteiger partial charge in [0.2, 0.25) is 0 Å². The molecule has 0 fully saturated rings. The van der Waals surface area contributed by atoms with Crippen LogP contribution in [0.3, 0.4) is 0 Å². The van der Waals surface area contributed by atoms with Crippen molar-refractivity contribution in [2.45, 2.75) is 23.2 Å². The minimum atomic E-state index is 0. The van der Waals surface area contributed by atoms with Crippen LogP contribution >= 0.6 is 0 Å². The topological polar surface area (TPSA) is 0 Å². The van der Waals surface area contributed by atoms with Gasteiger partial charge in [-0.3, -0.25) is 0 Å². The van der Waals surface area contributed by atoms with Crippen molar-refractivity contribution >= 4 is 22.5 Å². The molecule has 0 amide bonds. The van der Waals surface area contributed by atoms with Crippen LogP contribution in [0, 0.1) is 0 Å². The molecule has 0 unspecified atom stereocenters. The maximum atomic E-state index is 2.38. The fourth-order valence-electron chi connectivity index (χ4n) is 2.16. The molecule has 0 bridgehead atoms. The molecule has 0 spiro atoms. The second-order valence-corrected chi connectivity index (χ2v) is 8.33. The molecule has 0 aliphatic carbocycles. The minimum Gasteiger partial charge on any atom is -1.00 e. The average molecular weight is 329 g/mol. The molecule has 0 nitrogen and oxygen atoms in total. The van der Waals surface area contributed by atoms with Gasteiger partial charge in [-0.1, -0.05) is 0 Å². The Morgan fingerprint density at radius 1 is 0.824 bits per heavy atom. The zero-order valence-electron chi connectivity index (χ0n) is 11.2. The van der Waals surface area contributed by atoms with Crippen molar-refractivity contribution in [3.63, 3.8) is 0 Å². The molecule has 0 aromatic heterocycles. The van der Waals surface area contributed by atoms with E-state index in [2.05, 4.69) is 67.6 Å². The van der Waals surface area contributed by atoms with Gasteiger partial charge in [0, 0.05) is 0 Å². The van der Waals surface area contributed by atoms with Gasteiger partial charge in [-0.15, -0.1) is 0 Å². The quantitative estimate of drug-likeness (QED) is 0.746. The molecule has 1 heteroatoms. The third kappa shape index (κ3) is 4.19. The summed E-state index contributed by atoms with van der Waals surface area (Å²) in [7, 11) is 0. The molecule has 0 saturated carbocycles. The monoisotopic (exact) mass is 330 g/mol. The summed E-state index contributed by atoms with van der Waals surface area (Å²) in [4.78, 5) is 0. The van der Waals surface area contributed by atoms with Gasteiger partial charge in [0.25, 0.3) is 0 Å². The first-order valence-electron chi connectivity index (χ1n) is 5.99. The Morgan fingerprint density at radius 2 is 1.18 bits per heavy atom. The van der Waals surface area contributed by atoms with E-state index in [4.69, 9.17) is 0 Å². The van der Waals surface area contributed by atoms with Crippen LogP contribution in [0.5, 0.6) is 0 Å². The molecule has 0 aliphatic rings. The smallest absolute Gasteiger partial charge is 1.00 e. The SMILES string of the molecule is C[C]([Sn])(Cc1ccccc1)Cc1ccccc1.[H-]. The maximum absolute atomic E-state index is 2.38. The van der Waals surface area contributed by atoms with Crippen molar-refractivity contribution in [1.82, 2.24) is 0 Å². The van der Waals surface area contributed by atoms with E-state index in [1.54, 1.807) is 22.5 Å². The van der Waals surface area contributed by atoms with Gasteiger partial charge in [0.15, 0.2) is 0 Å². The number of hydrogen-bond acceptors (Lipinski definition) is 0. The molecular weight excluding hydrogens is 311 g/mol. The van der Waals surface area contributed by atoms with Crippen molar-refractivity contribution in [2.24, 2.45) is 0 Å². The van der Waals surface area contributed by atoms with Crippen LogP contribution in [-0.4, -0.2) is 22.5 Å². The van der Waals surface area contributed by atoms with E-state index < -0.39 is 0 Å². The van der Waals surface area contributed by atoms with E-state index >= 15 is 0 Å². The molecule has 0 saturated heterocycles. The predicted octanol–water partition coefficient (Wildman–Crippen LogP) is 3.93. The summed E-state index contributed by atoms with van der Waals surface area (Å²) in [6, 6.07) is 21.6. The van der Waals surface area contributed by atoms with E-state index in [-0.39, 0.29) is 1.43 Å². The molecule has 87 valence electrons. The van der Waals surface area contributed by atoms with Gasteiger partial charge in [0.1, 0.15) is 0 Å². The van der Waals surface area contributed by atoms with Gasteiger partial charge >= 0.3 is 118 Å².